The van der Waals surface area contributed by atoms with E-state index in [0.717, 1.165) is 35.8 Å². The topological polar surface area (TPSA) is 57.3 Å². The van der Waals surface area contributed by atoms with Crippen molar-refractivity contribution in [3.05, 3.63) is 95.6 Å². The van der Waals surface area contributed by atoms with Gasteiger partial charge in [0, 0.05) is 21.8 Å². The molecule has 30 heavy (non-hydrogen) atoms. The highest BCUT2D eigenvalue weighted by Crippen LogP contribution is 2.32. The third kappa shape index (κ3) is 4.91. The summed E-state index contributed by atoms with van der Waals surface area (Å²) >= 11 is 1.47. The largest absolute Gasteiger partial charge is 0.343 e. The lowest BCUT2D eigenvalue weighted by atomic mass is 10.2. The van der Waals surface area contributed by atoms with E-state index in [9.17, 15) is 10.1 Å². The number of hydrogen-bond acceptors (Lipinski definition) is 3. The Morgan fingerprint density at radius 2 is 1.70 bits per heavy atom. The van der Waals surface area contributed by atoms with Crippen molar-refractivity contribution in [3.63, 3.8) is 0 Å². The van der Waals surface area contributed by atoms with E-state index < -0.39 is 0 Å². The van der Waals surface area contributed by atoms with Crippen LogP contribution in [-0.2, 0) is 6.54 Å². The molecular weight excluding hydrogens is 390 g/mol. The molecule has 0 radical (unpaired) electrons. The monoisotopic (exact) mass is 414 g/mol. The lowest BCUT2D eigenvalue weighted by Gasteiger charge is -2.15. The minimum absolute atomic E-state index is 0.0431. The number of amides is 1. The molecule has 3 aromatic rings. The summed E-state index contributed by atoms with van der Waals surface area (Å²) in [6, 6.07) is 28.0. The normalized spacial score (nSPS) is 18.0. The number of nitrogens with one attached hydrogen (secondary N) is 2. The molecule has 1 saturated heterocycles. The van der Waals surface area contributed by atoms with E-state index in [-0.39, 0.29) is 11.9 Å². The maximum Gasteiger partial charge on any atom is 0.252 e. The van der Waals surface area contributed by atoms with Gasteiger partial charge in [-0.3, -0.25) is 4.79 Å². The highest BCUT2D eigenvalue weighted by molar-refractivity contribution is 7.99. The van der Waals surface area contributed by atoms with Gasteiger partial charge in [0.2, 0.25) is 0 Å². The molecule has 150 valence electrons. The summed E-state index contributed by atoms with van der Waals surface area (Å²) in [6.07, 6.45) is 0.987. The standard InChI is InChI=1S/C25H23N3OS/c26-16-20-10-4-6-12-23(20)30-24-13-7-5-11-22(24)25(29)27-21-14-15-28(18-21)17-19-8-2-1-3-9-19/h1-13,21H,14-15,17-18H2,(H,27,29)/p+1/t21-/m1/s1. The molecule has 4 rings (SSSR count). The molecular formula is C25H24N3OS+. The first kappa shape index (κ1) is 20.2. The maximum atomic E-state index is 13.0. The Labute approximate surface area is 181 Å². The highest BCUT2D eigenvalue weighted by Gasteiger charge is 2.28. The van der Waals surface area contributed by atoms with Gasteiger partial charge < -0.3 is 10.2 Å². The summed E-state index contributed by atoms with van der Waals surface area (Å²) < 4.78 is 0. The second-order valence-electron chi connectivity index (χ2n) is 7.53. The predicted molar refractivity (Wildman–Crippen MR) is 118 cm³/mol. The van der Waals surface area contributed by atoms with Crippen molar-refractivity contribution in [3.8, 4) is 6.07 Å². The van der Waals surface area contributed by atoms with E-state index in [4.69, 9.17) is 0 Å². The highest BCUT2D eigenvalue weighted by atomic mass is 32.2. The molecule has 0 saturated carbocycles. The summed E-state index contributed by atoms with van der Waals surface area (Å²) in [5.74, 6) is -0.0431. The van der Waals surface area contributed by atoms with Crippen molar-refractivity contribution in [1.29, 1.82) is 5.26 Å². The van der Waals surface area contributed by atoms with Gasteiger partial charge in [0.15, 0.2) is 0 Å². The van der Waals surface area contributed by atoms with Gasteiger partial charge in [-0.2, -0.15) is 5.26 Å². The van der Waals surface area contributed by atoms with Crippen molar-refractivity contribution >= 4 is 17.7 Å². The summed E-state index contributed by atoms with van der Waals surface area (Å²) in [6.45, 7) is 2.99. The molecule has 1 aliphatic heterocycles. The van der Waals surface area contributed by atoms with Gasteiger partial charge in [-0.1, -0.05) is 66.4 Å². The minimum Gasteiger partial charge on any atom is -0.343 e. The predicted octanol–water partition coefficient (Wildman–Crippen LogP) is 3.30. The fourth-order valence-electron chi connectivity index (χ4n) is 3.87. The molecule has 0 aromatic heterocycles. The van der Waals surface area contributed by atoms with Gasteiger partial charge in [-0.15, -0.1) is 0 Å². The molecule has 0 bridgehead atoms. The molecule has 0 aliphatic carbocycles. The van der Waals surface area contributed by atoms with E-state index >= 15 is 0 Å². The van der Waals surface area contributed by atoms with Crippen LogP contribution in [0.1, 0.15) is 27.9 Å². The van der Waals surface area contributed by atoms with Crippen LogP contribution in [0.3, 0.4) is 0 Å². The Balaban J connectivity index is 1.41. The van der Waals surface area contributed by atoms with Gasteiger partial charge in [0.05, 0.1) is 30.3 Å². The lowest BCUT2D eigenvalue weighted by Crippen LogP contribution is -3.09. The summed E-state index contributed by atoms with van der Waals surface area (Å²) in [5.41, 5.74) is 2.61. The van der Waals surface area contributed by atoms with Crippen molar-refractivity contribution < 1.29 is 9.69 Å². The summed E-state index contributed by atoms with van der Waals surface area (Å²) in [4.78, 5) is 16.3. The molecule has 1 unspecified atom stereocenters. The van der Waals surface area contributed by atoms with Gasteiger partial charge in [0.25, 0.3) is 5.91 Å². The van der Waals surface area contributed by atoms with Crippen LogP contribution in [0, 0.1) is 11.3 Å². The van der Waals surface area contributed by atoms with Crippen LogP contribution in [0.5, 0.6) is 0 Å². The Bertz CT molecular complexity index is 1060. The Morgan fingerprint density at radius 3 is 2.50 bits per heavy atom. The first-order chi connectivity index (χ1) is 14.7. The molecule has 2 N–H and O–H groups in total. The summed E-state index contributed by atoms with van der Waals surface area (Å²) in [5, 5.41) is 12.6. The van der Waals surface area contributed by atoms with E-state index in [0.29, 0.717) is 11.1 Å². The van der Waals surface area contributed by atoms with Crippen LogP contribution < -0.4 is 10.2 Å². The molecule has 3 aromatic carbocycles. The van der Waals surface area contributed by atoms with Crippen molar-refractivity contribution in [2.24, 2.45) is 0 Å². The molecule has 4 nitrogen and oxygen atoms in total. The second kappa shape index (κ2) is 9.62. The number of carbonyl (C=O) groups is 1. The number of carbonyl (C=O) groups excluding carboxylic acids is 1. The Kier molecular flexibility index (Phi) is 6.48. The van der Waals surface area contributed by atoms with Gasteiger partial charge in [0.1, 0.15) is 12.6 Å². The first-order valence-electron chi connectivity index (χ1n) is 10.2. The Hall–Kier alpha value is -3.07. The van der Waals surface area contributed by atoms with Crippen molar-refractivity contribution in [2.45, 2.75) is 28.8 Å². The molecule has 1 aliphatic rings. The fourth-order valence-corrected chi connectivity index (χ4v) is 4.90. The van der Waals surface area contributed by atoms with Crippen LogP contribution >= 0.6 is 11.8 Å². The van der Waals surface area contributed by atoms with Gasteiger partial charge in [-0.25, -0.2) is 0 Å². The van der Waals surface area contributed by atoms with E-state index in [2.05, 4.69) is 35.7 Å². The molecule has 2 atom stereocenters. The zero-order valence-electron chi connectivity index (χ0n) is 16.7. The lowest BCUT2D eigenvalue weighted by molar-refractivity contribution is -0.901. The van der Waals surface area contributed by atoms with Crippen LogP contribution in [0.15, 0.2) is 88.7 Å². The molecule has 0 spiro atoms. The molecule has 1 fully saturated rings. The third-order valence-electron chi connectivity index (χ3n) is 5.37. The van der Waals surface area contributed by atoms with Crippen molar-refractivity contribution in [1.82, 2.24) is 5.32 Å². The third-order valence-corrected chi connectivity index (χ3v) is 6.52. The van der Waals surface area contributed by atoms with Gasteiger partial charge >= 0.3 is 0 Å². The molecule has 1 amide bonds. The quantitative estimate of drug-likeness (QED) is 0.651. The average molecular weight is 415 g/mol. The second-order valence-corrected chi connectivity index (χ2v) is 8.62. The Morgan fingerprint density at radius 1 is 1.00 bits per heavy atom. The van der Waals surface area contributed by atoms with Crippen LogP contribution in [0.2, 0.25) is 0 Å². The zero-order chi connectivity index (χ0) is 20.8. The first-order valence-corrected chi connectivity index (χ1v) is 11.0. The number of rotatable bonds is 6. The van der Waals surface area contributed by atoms with Crippen LogP contribution in [0.4, 0.5) is 0 Å². The smallest absolute Gasteiger partial charge is 0.252 e. The van der Waals surface area contributed by atoms with E-state index in [1.165, 1.54) is 22.2 Å². The number of likely N-dealkylation sites (tertiary alicyclic amines) is 1. The maximum absolute atomic E-state index is 13.0. The fraction of sp³-hybridized carbons (Fsp3) is 0.200. The summed E-state index contributed by atoms with van der Waals surface area (Å²) in [7, 11) is 0. The van der Waals surface area contributed by atoms with Crippen LogP contribution in [-0.4, -0.2) is 25.0 Å². The van der Waals surface area contributed by atoms with E-state index in [1.54, 1.807) is 6.07 Å². The van der Waals surface area contributed by atoms with Gasteiger partial charge in [-0.05, 0) is 24.3 Å². The number of hydrogen-bond donors (Lipinski definition) is 2. The number of quaternary nitrogens is 1. The average Bonchev–Trinajstić information content (AvgIpc) is 3.21. The SMILES string of the molecule is N#Cc1ccccc1Sc1ccccc1C(=O)N[C@@H]1CC[NH+](Cc2ccccc2)C1. The zero-order valence-corrected chi connectivity index (χ0v) is 17.5. The van der Waals surface area contributed by atoms with Crippen molar-refractivity contribution in [2.75, 3.05) is 13.1 Å². The minimum atomic E-state index is -0.0431. The number of nitriles is 1. The molecule has 5 heteroatoms. The molecule has 1 heterocycles. The number of nitrogens with zero attached hydrogens (tertiary/aromatic N) is 1. The van der Waals surface area contributed by atoms with E-state index in [1.807, 2.05) is 48.5 Å². The number of benzene rings is 3. The van der Waals surface area contributed by atoms with Crippen LogP contribution in [0.25, 0.3) is 0 Å².